The molecule has 0 aliphatic carbocycles. The normalized spacial score (nSPS) is 11.2. The van der Waals surface area contributed by atoms with E-state index in [1.165, 1.54) is 12.2 Å². The van der Waals surface area contributed by atoms with Crippen LogP contribution >= 0.6 is 0 Å². The minimum absolute atomic E-state index is 0.208. The molecular formula is C29H25NO5. The van der Waals surface area contributed by atoms with E-state index < -0.39 is 0 Å². The number of benzene rings is 3. The van der Waals surface area contributed by atoms with Crippen molar-refractivity contribution in [2.45, 2.75) is 0 Å². The second-order valence-corrected chi connectivity index (χ2v) is 7.51. The van der Waals surface area contributed by atoms with Crippen molar-refractivity contribution in [1.29, 1.82) is 0 Å². The van der Waals surface area contributed by atoms with Gasteiger partial charge in [-0.1, -0.05) is 36.4 Å². The SMILES string of the molecule is COc1cc(OC)c(OC)cc1/C=C/C(=O)/C=C/c1cc2ccccc2nc1Oc1ccccc1. The van der Waals surface area contributed by atoms with Crippen LogP contribution in [0.1, 0.15) is 11.1 Å². The van der Waals surface area contributed by atoms with Crippen LogP contribution in [-0.2, 0) is 4.79 Å². The van der Waals surface area contributed by atoms with Crippen molar-refractivity contribution in [3.63, 3.8) is 0 Å². The fourth-order valence-corrected chi connectivity index (χ4v) is 3.50. The fraction of sp³-hybridized carbons (Fsp3) is 0.103. The van der Waals surface area contributed by atoms with Gasteiger partial charge in [-0.05, 0) is 54.6 Å². The van der Waals surface area contributed by atoms with Crippen molar-refractivity contribution < 1.29 is 23.7 Å². The summed E-state index contributed by atoms with van der Waals surface area (Å²) in [5, 5.41) is 0.950. The molecule has 0 spiro atoms. The number of allylic oxidation sites excluding steroid dienone is 2. The maximum absolute atomic E-state index is 12.7. The lowest BCUT2D eigenvalue weighted by atomic mass is 10.1. The zero-order valence-electron chi connectivity index (χ0n) is 19.7. The summed E-state index contributed by atoms with van der Waals surface area (Å²) in [4.78, 5) is 17.3. The van der Waals surface area contributed by atoms with Crippen LogP contribution in [0.25, 0.3) is 23.1 Å². The smallest absolute Gasteiger partial charge is 0.227 e. The molecule has 6 heteroatoms. The molecule has 0 radical (unpaired) electrons. The Balaban J connectivity index is 1.61. The van der Waals surface area contributed by atoms with Gasteiger partial charge in [0.15, 0.2) is 17.3 Å². The van der Waals surface area contributed by atoms with Gasteiger partial charge in [-0.3, -0.25) is 4.79 Å². The standard InChI is InChI=1S/C29H25NO5/c1-32-26-19-28(34-3)27(33-2)18-21(26)13-15-23(31)16-14-22-17-20-9-7-8-12-25(20)30-29(22)35-24-10-5-4-6-11-24/h4-19H,1-3H3/b15-13+,16-14+. The molecule has 4 rings (SSSR count). The Morgan fingerprint density at radius 3 is 2.06 bits per heavy atom. The molecule has 176 valence electrons. The summed E-state index contributed by atoms with van der Waals surface area (Å²) in [5.41, 5.74) is 2.19. The van der Waals surface area contributed by atoms with Crippen LogP contribution < -0.4 is 18.9 Å². The first kappa shape index (κ1) is 23.6. The Morgan fingerprint density at radius 1 is 0.714 bits per heavy atom. The van der Waals surface area contributed by atoms with E-state index in [4.69, 9.17) is 18.9 Å². The highest BCUT2D eigenvalue weighted by molar-refractivity contribution is 6.05. The topological polar surface area (TPSA) is 66.9 Å². The number of fused-ring (bicyclic) bond motifs is 1. The molecule has 0 aliphatic heterocycles. The van der Waals surface area contributed by atoms with Crippen molar-refractivity contribution in [2.75, 3.05) is 21.3 Å². The Hall–Kier alpha value is -4.58. The van der Waals surface area contributed by atoms with Crippen molar-refractivity contribution in [3.8, 4) is 28.9 Å². The molecule has 0 saturated carbocycles. The van der Waals surface area contributed by atoms with Crippen LogP contribution in [0.3, 0.4) is 0 Å². The summed E-state index contributed by atoms with van der Waals surface area (Å²) >= 11 is 0. The van der Waals surface area contributed by atoms with Gasteiger partial charge in [-0.25, -0.2) is 4.98 Å². The Bertz CT molecular complexity index is 1390. The highest BCUT2D eigenvalue weighted by Crippen LogP contribution is 2.35. The van der Waals surface area contributed by atoms with E-state index in [2.05, 4.69) is 4.98 Å². The predicted octanol–water partition coefficient (Wildman–Crippen LogP) is 6.35. The summed E-state index contributed by atoms with van der Waals surface area (Å²) in [5.74, 6) is 2.53. The minimum Gasteiger partial charge on any atom is -0.496 e. The quantitative estimate of drug-likeness (QED) is 0.267. The lowest BCUT2D eigenvalue weighted by Crippen LogP contribution is -1.95. The first-order chi connectivity index (χ1) is 17.1. The number of ether oxygens (including phenoxy) is 4. The maximum Gasteiger partial charge on any atom is 0.227 e. The molecule has 0 N–H and O–H groups in total. The monoisotopic (exact) mass is 467 g/mol. The first-order valence-electron chi connectivity index (χ1n) is 10.9. The highest BCUT2D eigenvalue weighted by atomic mass is 16.5. The van der Waals surface area contributed by atoms with E-state index >= 15 is 0 Å². The van der Waals surface area contributed by atoms with Crippen molar-refractivity contribution >= 4 is 28.8 Å². The molecular weight excluding hydrogens is 442 g/mol. The van der Waals surface area contributed by atoms with E-state index in [1.807, 2.05) is 60.7 Å². The fourth-order valence-electron chi connectivity index (χ4n) is 3.50. The zero-order chi connectivity index (χ0) is 24.6. The molecule has 4 aromatic rings. The summed E-state index contributed by atoms with van der Waals surface area (Å²) in [6.45, 7) is 0. The van der Waals surface area contributed by atoms with Gasteiger partial charge in [-0.2, -0.15) is 0 Å². The Kier molecular flexibility index (Phi) is 7.43. The lowest BCUT2D eigenvalue weighted by molar-refractivity contribution is -0.110. The first-order valence-corrected chi connectivity index (χ1v) is 10.9. The number of methoxy groups -OCH3 is 3. The number of hydrogen-bond donors (Lipinski definition) is 0. The average Bonchev–Trinajstić information content (AvgIpc) is 2.90. The molecule has 6 nitrogen and oxygen atoms in total. The number of para-hydroxylation sites is 2. The van der Waals surface area contributed by atoms with Crippen molar-refractivity contribution in [3.05, 3.63) is 96.1 Å². The average molecular weight is 468 g/mol. The molecule has 1 heterocycles. The Labute approximate surface area is 204 Å². The molecule has 0 amide bonds. The maximum atomic E-state index is 12.7. The third-order valence-corrected chi connectivity index (χ3v) is 5.26. The van der Waals surface area contributed by atoms with E-state index in [0.29, 0.717) is 40.0 Å². The van der Waals surface area contributed by atoms with E-state index in [-0.39, 0.29) is 5.78 Å². The van der Waals surface area contributed by atoms with Gasteiger partial charge in [0, 0.05) is 22.6 Å². The molecule has 3 aromatic carbocycles. The second kappa shape index (κ2) is 11.0. The van der Waals surface area contributed by atoms with Gasteiger partial charge < -0.3 is 18.9 Å². The third-order valence-electron chi connectivity index (χ3n) is 5.26. The van der Waals surface area contributed by atoms with Crippen LogP contribution in [0.4, 0.5) is 0 Å². The number of nitrogens with zero attached hydrogens (tertiary/aromatic N) is 1. The summed E-state index contributed by atoms with van der Waals surface area (Å²) in [6, 6.07) is 22.6. The number of rotatable bonds is 9. The number of aromatic nitrogens is 1. The minimum atomic E-state index is -0.208. The largest absolute Gasteiger partial charge is 0.496 e. The molecule has 0 saturated heterocycles. The number of ketones is 1. The molecule has 35 heavy (non-hydrogen) atoms. The zero-order valence-corrected chi connectivity index (χ0v) is 19.7. The molecule has 1 aromatic heterocycles. The summed E-state index contributed by atoms with van der Waals surface area (Å²) < 4.78 is 22.1. The van der Waals surface area contributed by atoms with E-state index in [9.17, 15) is 4.79 Å². The molecule has 0 fully saturated rings. The van der Waals surface area contributed by atoms with Gasteiger partial charge in [0.2, 0.25) is 5.88 Å². The molecule has 0 aliphatic rings. The number of hydrogen-bond acceptors (Lipinski definition) is 6. The van der Waals surface area contributed by atoms with Gasteiger partial charge in [0.25, 0.3) is 0 Å². The number of carbonyl (C=O) groups is 1. The lowest BCUT2D eigenvalue weighted by Gasteiger charge is -2.12. The van der Waals surface area contributed by atoms with E-state index in [0.717, 1.165) is 10.9 Å². The summed E-state index contributed by atoms with van der Waals surface area (Å²) in [6.07, 6.45) is 6.32. The van der Waals surface area contributed by atoms with Crippen molar-refractivity contribution in [2.24, 2.45) is 0 Å². The van der Waals surface area contributed by atoms with Crippen LogP contribution in [0.15, 0.2) is 84.9 Å². The highest BCUT2D eigenvalue weighted by Gasteiger charge is 2.11. The second-order valence-electron chi connectivity index (χ2n) is 7.51. The number of pyridine rings is 1. The van der Waals surface area contributed by atoms with Crippen LogP contribution in [0.2, 0.25) is 0 Å². The predicted molar refractivity (Wildman–Crippen MR) is 137 cm³/mol. The van der Waals surface area contributed by atoms with Gasteiger partial charge in [0.05, 0.1) is 26.8 Å². The molecule has 0 bridgehead atoms. The Morgan fingerprint density at radius 2 is 1.34 bits per heavy atom. The molecule has 0 unspecified atom stereocenters. The van der Waals surface area contributed by atoms with Gasteiger partial charge in [0.1, 0.15) is 11.5 Å². The van der Waals surface area contributed by atoms with Crippen LogP contribution in [0.5, 0.6) is 28.9 Å². The third kappa shape index (κ3) is 5.68. The molecule has 0 atom stereocenters. The number of carbonyl (C=O) groups excluding carboxylic acids is 1. The van der Waals surface area contributed by atoms with Gasteiger partial charge >= 0.3 is 0 Å². The van der Waals surface area contributed by atoms with Gasteiger partial charge in [-0.15, -0.1) is 0 Å². The van der Waals surface area contributed by atoms with Crippen molar-refractivity contribution in [1.82, 2.24) is 4.98 Å². The van der Waals surface area contributed by atoms with E-state index in [1.54, 1.807) is 45.6 Å². The van der Waals surface area contributed by atoms with Crippen LogP contribution in [-0.4, -0.2) is 32.1 Å². The summed E-state index contributed by atoms with van der Waals surface area (Å²) in [7, 11) is 4.66. The van der Waals surface area contributed by atoms with Crippen LogP contribution in [0, 0.1) is 0 Å².